The number of aromatic nitrogens is 1. The number of unbranched alkanes of at least 4 members (excludes halogenated alkanes) is 17. The topological polar surface area (TPSA) is 20.6 Å². The highest BCUT2D eigenvalue weighted by atomic mass is 127. The number of fused-ring (bicyclic) bond motifs is 2. The van der Waals surface area contributed by atoms with E-state index in [9.17, 15) is 0 Å². The van der Waals surface area contributed by atoms with Crippen molar-refractivity contribution in [3.63, 3.8) is 0 Å². The van der Waals surface area contributed by atoms with Gasteiger partial charge >= 0.3 is 0 Å². The van der Waals surface area contributed by atoms with Gasteiger partial charge in [0.25, 0.3) is 0 Å². The Morgan fingerprint density at radius 2 is 0.979 bits per heavy atom. The average Bonchev–Trinajstić information content (AvgIpc) is 3.05. The summed E-state index contributed by atoms with van der Waals surface area (Å²) in [6.45, 7) is 2.31. The minimum atomic E-state index is 0. The van der Waals surface area contributed by atoms with Crippen LogP contribution in [0, 0.1) is 0 Å². The second-order valence-electron chi connectivity index (χ2n) is 14.9. The van der Waals surface area contributed by atoms with Crippen LogP contribution >= 0.6 is 0 Å². The smallest absolute Gasteiger partial charge is 0.211 e. The van der Waals surface area contributed by atoms with E-state index in [0.29, 0.717) is 12.1 Å². The minimum Gasteiger partial charge on any atom is -1.00 e. The third-order valence-electron chi connectivity index (χ3n) is 10.7. The van der Waals surface area contributed by atoms with Gasteiger partial charge in [-0.2, -0.15) is 0 Å². The van der Waals surface area contributed by atoms with E-state index in [0.717, 1.165) is 6.42 Å². The van der Waals surface area contributed by atoms with Crippen molar-refractivity contribution < 1.29 is 29.0 Å². The Kier molecular flexibility index (Phi) is 22.9. The van der Waals surface area contributed by atoms with Crippen LogP contribution in [0.1, 0.15) is 154 Å². The first kappa shape index (κ1) is 41.9. The van der Waals surface area contributed by atoms with Gasteiger partial charge in [-0.3, -0.25) is 0 Å². The minimum absolute atomic E-state index is 0. The molecular weight excluding hydrogens is 685 g/mol. The highest BCUT2D eigenvalue weighted by molar-refractivity contribution is 5.90. The SMILES string of the molecule is CCCCCCCCCCCCCCCCCCCCC(CCC(CCc1cccc2[nH+]c3ccccc3cc12)N(C)C)N(C)C.[I-]. The number of pyridine rings is 1. The lowest BCUT2D eigenvalue weighted by molar-refractivity contribution is -0.310. The number of H-pyrrole nitrogens is 1. The molecular formula is C43H72IN3. The summed E-state index contributed by atoms with van der Waals surface area (Å²) in [6.07, 6.45) is 32.3. The molecule has 1 N–H and O–H groups in total. The first-order valence-corrected chi connectivity index (χ1v) is 19.6. The third kappa shape index (κ3) is 16.8. The van der Waals surface area contributed by atoms with Crippen molar-refractivity contribution in [2.45, 2.75) is 167 Å². The van der Waals surface area contributed by atoms with Gasteiger partial charge in [0.15, 0.2) is 0 Å². The first-order chi connectivity index (χ1) is 22.5. The molecule has 2 atom stereocenters. The number of para-hydroxylation sites is 1. The fourth-order valence-electron chi connectivity index (χ4n) is 7.46. The van der Waals surface area contributed by atoms with Crippen LogP contribution in [0.3, 0.4) is 0 Å². The van der Waals surface area contributed by atoms with Gasteiger partial charge in [-0.1, -0.05) is 147 Å². The van der Waals surface area contributed by atoms with Gasteiger partial charge in [-0.25, -0.2) is 4.98 Å². The molecule has 0 aliphatic rings. The van der Waals surface area contributed by atoms with Gasteiger partial charge in [0.1, 0.15) is 0 Å². The van der Waals surface area contributed by atoms with E-state index in [4.69, 9.17) is 0 Å². The van der Waals surface area contributed by atoms with Crippen molar-refractivity contribution in [1.29, 1.82) is 0 Å². The normalized spacial score (nSPS) is 13.1. The lowest BCUT2D eigenvalue weighted by atomic mass is 9.94. The van der Waals surface area contributed by atoms with Gasteiger partial charge in [0.05, 0.1) is 5.39 Å². The number of aromatic amines is 1. The summed E-state index contributed by atoms with van der Waals surface area (Å²) in [5.74, 6) is 0. The Balaban J connectivity index is 0.00000768. The van der Waals surface area contributed by atoms with Crippen LogP contribution in [0.4, 0.5) is 0 Å². The molecule has 0 aliphatic carbocycles. The standard InChI is InChI=1S/C43H71N3.HI/c1-6-7-8-9-10-11-12-13-14-15-16-17-18-19-20-21-22-23-29-39(45(2)3)34-35-40(46(4)5)33-32-37-28-26-31-43-41(37)36-38-27-24-25-30-42(38)44-43;/h24-28,30-31,36,39-40H,6-23,29,32-35H2,1-5H3;1H. The fraction of sp³-hybridized carbons (Fsp3) is 0.698. The largest absolute Gasteiger partial charge is 1.00 e. The van der Waals surface area contributed by atoms with Crippen LogP contribution in [-0.2, 0) is 6.42 Å². The van der Waals surface area contributed by atoms with Gasteiger partial charge in [-0.15, -0.1) is 0 Å². The van der Waals surface area contributed by atoms with Gasteiger partial charge in [-0.05, 0) is 78.0 Å². The molecule has 3 aromatic rings. The number of nitrogens with one attached hydrogen (secondary N) is 1. The van der Waals surface area contributed by atoms with Crippen LogP contribution in [0.15, 0.2) is 48.5 Å². The van der Waals surface area contributed by atoms with Gasteiger partial charge in [0, 0.05) is 29.6 Å². The lowest BCUT2D eigenvalue weighted by Gasteiger charge is -2.29. The highest BCUT2D eigenvalue weighted by Gasteiger charge is 2.18. The molecule has 0 saturated carbocycles. The maximum atomic E-state index is 3.65. The maximum absolute atomic E-state index is 3.65. The Morgan fingerprint density at radius 3 is 1.51 bits per heavy atom. The first-order valence-electron chi connectivity index (χ1n) is 19.6. The fourth-order valence-corrected chi connectivity index (χ4v) is 7.46. The molecule has 0 fully saturated rings. The van der Waals surface area contributed by atoms with E-state index in [2.05, 4.69) is 98.4 Å². The molecule has 266 valence electrons. The summed E-state index contributed by atoms with van der Waals surface area (Å²) in [5.41, 5.74) is 3.92. The van der Waals surface area contributed by atoms with E-state index in [1.165, 1.54) is 169 Å². The zero-order chi connectivity index (χ0) is 32.8. The Morgan fingerprint density at radius 1 is 0.511 bits per heavy atom. The molecule has 0 saturated heterocycles. The molecule has 0 bridgehead atoms. The number of rotatable bonds is 27. The number of hydrogen-bond acceptors (Lipinski definition) is 2. The molecule has 4 heteroatoms. The van der Waals surface area contributed by atoms with Crippen molar-refractivity contribution in [3.8, 4) is 0 Å². The molecule has 0 radical (unpaired) electrons. The van der Waals surface area contributed by atoms with Crippen molar-refractivity contribution in [3.05, 3.63) is 54.1 Å². The monoisotopic (exact) mass is 757 g/mol. The molecule has 2 aromatic carbocycles. The number of nitrogens with zero attached hydrogens (tertiary/aromatic N) is 2. The molecule has 3 rings (SSSR count). The Hall–Kier alpha value is -1.24. The third-order valence-corrected chi connectivity index (χ3v) is 10.7. The van der Waals surface area contributed by atoms with E-state index in [-0.39, 0.29) is 24.0 Å². The van der Waals surface area contributed by atoms with Crippen molar-refractivity contribution in [2.75, 3.05) is 28.2 Å². The maximum Gasteiger partial charge on any atom is 0.211 e. The second kappa shape index (κ2) is 25.7. The Bertz CT molecular complexity index is 1190. The number of halogens is 1. The predicted molar refractivity (Wildman–Crippen MR) is 204 cm³/mol. The summed E-state index contributed by atoms with van der Waals surface area (Å²) in [6, 6.07) is 19.1. The van der Waals surface area contributed by atoms with E-state index in [1.54, 1.807) is 0 Å². The average molecular weight is 758 g/mol. The van der Waals surface area contributed by atoms with Crippen molar-refractivity contribution in [1.82, 2.24) is 9.80 Å². The van der Waals surface area contributed by atoms with Crippen molar-refractivity contribution in [2.24, 2.45) is 0 Å². The quantitative estimate of drug-likeness (QED) is 0.0441. The number of hydrogen-bond donors (Lipinski definition) is 0. The number of aryl methyl sites for hydroxylation is 1. The van der Waals surface area contributed by atoms with Crippen LogP contribution in [0.5, 0.6) is 0 Å². The summed E-state index contributed by atoms with van der Waals surface area (Å²) in [4.78, 5) is 8.61. The van der Waals surface area contributed by atoms with E-state index in [1.807, 2.05) is 0 Å². The van der Waals surface area contributed by atoms with Crippen molar-refractivity contribution >= 4 is 21.8 Å². The molecule has 0 spiro atoms. The van der Waals surface area contributed by atoms with Gasteiger partial charge < -0.3 is 33.8 Å². The zero-order valence-corrected chi connectivity index (χ0v) is 33.5. The molecule has 47 heavy (non-hydrogen) atoms. The van der Waals surface area contributed by atoms with Gasteiger partial charge in [0.2, 0.25) is 11.0 Å². The molecule has 2 unspecified atom stereocenters. The van der Waals surface area contributed by atoms with Crippen LogP contribution in [0.25, 0.3) is 21.8 Å². The summed E-state index contributed by atoms with van der Waals surface area (Å²) in [5, 5.41) is 2.67. The Labute approximate surface area is 308 Å². The molecule has 1 heterocycles. The summed E-state index contributed by atoms with van der Waals surface area (Å²) < 4.78 is 0. The molecule has 0 aliphatic heterocycles. The molecule has 0 amide bonds. The van der Waals surface area contributed by atoms with Crippen LogP contribution in [0.2, 0.25) is 0 Å². The summed E-state index contributed by atoms with van der Waals surface area (Å²) in [7, 11) is 9.13. The van der Waals surface area contributed by atoms with E-state index < -0.39 is 0 Å². The lowest BCUT2D eigenvalue weighted by Crippen LogP contribution is -3.00. The molecule has 1 aromatic heterocycles. The summed E-state index contributed by atoms with van der Waals surface area (Å²) >= 11 is 0. The zero-order valence-electron chi connectivity index (χ0n) is 31.3. The predicted octanol–water partition coefficient (Wildman–Crippen LogP) is 8.82. The highest BCUT2D eigenvalue weighted by Crippen LogP contribution is 2.24. The van der Waals surface area contributed by atoms with Crippen LogP contribution < -0.4 is 29.0 Å². The number of benzene rings is 2. The second-order valence-corrected chi connectivity index (χ2v) is 14.9. The molecule has 3 nitrogen and oxygen atoms in total. The van der Waals surface area contributed by atoms with E-state index >= 15 is 0 Å². The van der Waals surface area contributed by atoms with Crippen LogP contribution in [-0.4, -0.2) is 50.1 Å².